The predicted molar refractivity (Wildman–Crippen MR) is 128 cm³/mol. The van der Waals surface area contributed by atoms with Gasteiger partial charge >= 0.3 is 5.97 Å². The van der Waals surface area contributed by atoms with E-state index >= 15 is 0 Å². The highest BCUT2D eigenvalue weighted by Gasteiger charge is 2.33. The number of hydrogen-bond donors (Lipinski definition) is 1. The first kappa shape index (κ1) is 26.1. The van der Waals surface area contributed by atoms with Crippen molar-refractivity contribution in [3.63, 3.8) is 0 Å². The summed E-state index contributed by atoms with van der Waals surface area (Å²) in [6.45, 7) is 12.3. The fourth-order valence-corrected chi connectivity index (χ4v) is 6.17. The van der Waals surface area contributed by atoms with Gasteiger partial charge in [0.2, 0.25) is 13.3 Å². The maximum absolute atomic E-state index is 13.5. The molecule has 0 saturated heterocycles. The Bertz CT molecular complexity index is 812. The summed E-state index contributed by atoms with van der Waals surface area (Å²) in [4.78, 5) is 28.3. The first-order chi connectivity index (χ1) is 14.4. The van der Waals surface area contributed by atoms with Gasteiger partial charge in [-0.1, -0.05) is 41.5 Å². The maximum Gasteiger partial charge on any atom is 0.348 e. The van der Waals surface area contributed by atoms with Crippen molar-refractivity contribution in [2.45, 2.75) is 72.6 Å². The van der Waals surface area contributed by atoms with Gasteiger partial charge in [-0.25, -0.2) is 4.79 Å². The van der Waals surface area contributed by atoms with Gasteiger partial charge in [0.15, 0.2) is 0 Å². The SMILES string of the molecule is CCP(=O)(CC)OCCN(c1cc(C(C)(C)C)sc1C(=O)O)C(=O)[C@H]1CC[C@H](C)CC1. The van der Waals surface area contributed by atoms with Gasteiger partial charge in [-0.3, -0.25) is 9.36 Å². The molecule has 6 nitrogen and oxygen atoms in total. The normalized spacial score (nSPS) is 19.9. The molecule has 1 saturated carbocycles. The van der Waals surface area contributed by atoms with Crippen LogP contribution in [0.2, 0.25) is 0 Å². The van der Waals surface area contributed by atoms with Crippen LogP contribution in [0.25, 0.3) is 0 Å². The van der Waals surface area contributed by atoms with E-state index in [0.717, 1.165) is 30.6 Å². The van der Waals surface area contributed by atoms with Crippen LogP contribution < -0.4 is 4.90 Å². The number of thiophene rings is 1. The smallest absolute Gasteiger partial charge is 0.348 e. The third-order valence-electron chi connectivity index (χ3n) is 6.17. The second kappa shape index (κ2) is 10.6. The number of hydrogen-bond acceptors (Lipinski definition) is 5. The predicted octanol–water partition coefficient (Wildman–Crippen LogP) is 6.24. The summed E-state index contributed by atoms with van der Waals surface area (Å²) in [5.41, 5.74) is 0.219. The number of rotatable bonds is 9. The van der Waals surface area contributed by atoms with E-state index in [0.29, 0.717) is 23.9 Å². The van der Waals surface area contributed by atoms with Crippen molar-refractivity contribution >= 4 is 36.3 Å². The summed E-state index contributed by atoms with van der Waals surface area (Å²) in [5, 5.41) is 9.85. The van der Waals surface area contributed by atoms with Gasteiger partial charge in [-0.05, 0) is 43.1 Å². The second-order valence-corrected chi connectivity index (χ2v) is 13.8. The maximum atomic E-state index is 13.5. The summed E-state index contributed by atoms with van der Waals surface area (Å²) >= 11 is 1.23. The summed E-state index contributed by atoms with van der Waals surface area (Å²) in [7, 11) is -2.70. The lowest BCUT2D eigenvalue weighted by Crippen LogP contribution is -2.40. The molecular weight excluding hydrogens is 433 g/mol. The zero-order valence-electron chi connectivity index (χ0n) is 19.8. The van der Waals surface area contributed by atoms with Gasteiger partial charge in [-0.2, -0.15) is 0 Å². The van der Waals surface area contributed by atoms with Crippen molar-refractivity contribution in [2.24, 2.45) is 11.8 Å². The highest BCUT2D eigenvalue weighted by atomic mass is 32.1. The van der Waals surface area contributed by atoms with E-state index in [4.69, 9.17) is 4.52 Å². The number of anilines is 1. The van der Waals surface area contributed by atoms with Crippen LogP contribution >= 0.6 is 18.7 Å². The minimum Gasteiger partial charge on any atom is -0.477 e. The largest absolute Gasteiger partial charge is 0.477 e. The number of aromatic carboxylic acids is 1. The van der Waals surface area contributed by atoms with Gasteiger partial charge < -0.3 is 14.5 Å². The van der Waals surface area contributed by atoms with Crippen LogP contribution in [0.5, 0.6) is 0 Å². The first-order valence-corrected chi connectivity index (χ1v) is 14.1. The zero-order chi connectivity index (χ0) is 23.4. The standard InChI is InChI=1S/C23H38NO5PS/c1-7-30(28,8-2)29-14-13-24(21(25)17-11-9-16(3)10-12-17)18-15-19(23(4,5)6)31-20(18)22(26)27/h15-17H,7-14H2,1-6H3,(H,26,27)/t16-,17-. The Morgan fingerprint density at radius 2 is 1.77 bits per heavy atom. The van der Waals surface area contributed by atoms with Crippen molar-refractivity contribution in [3.8, 4) is 0 Å². The lowest BCUT2D eigenvalue weighted by molar-refractivity contribution is -0.123. The van der Waals surface area contributed by atoms with E-state index in [2.05, 4.69) is 6.92 Å². The Morgan fingerprint density at radius 3 is 2.26 bits per heavy atom. The minimum atomic E-state index is -2.70. The molecule has 0 radical (unpaired) electrons. The lowest BCUT2D eigenvalue weighted by atomic mass is 9.82. The van der Waals surface area contributed by atoms with Crippen molar-refractivity contribution in [1.82, 2.24) is 0 Å². The molecule has 1 amide bonds. The lowest BCUT2D eigenvalue weighted by Gasteiger charge is -2.31. The Kier molecular flexibility index (Phi) is 8.95. The van der Waals surface area contributed by atoms with E-state index in [1.165, 1.54) is 11.3 Å². The Morgan fingerprint density at radius 1 is 1.19 bits per heavy atom. The van der Waals surface area contributed by atoms with Crippen molar-refractivity contribution < 1.29 is 23.8 Å². The molecule has 31 heavy (non-hydrogen) atoms. The van der Waals surface area contributed by atoms with E-state index in [-0.39, 0.29) is 35.3 Å². The van der Waals surface area contributed by atoms with Gasteiger partial charge in [0.1, 0.15) is 4.88 Å². The van der Waals surface area contributed by atoms with Gasteiger partial charge in [0.05, 0.1) is 12.3 Å². The van der Waals surface area contributed by atoms with Crippen LogP contribution in [0.4, 0.5) is 5.69 Å². The molecule has 2 rings (SSSR count). The van der Waals surface area contributed by atoms with Crippen LogP contribution in [0.1, 0.15) is 81.8 Å². The number of carboxylic acids is 1. The fourth-order valence-electron chi connectivity index (χ4n) is 3.89. The second-order valence-electron chi connectivity index (χ2n) is 9.61. The highest BCUT2D eigenvalue weighted by molar-refractivity contribution is 7.58. The molecule has 1 N–H and O–H groups in total. The van der Waals surface area contributed by atoms with Gasteiger partial charge in [0.25, 0.3) is 0 Å². The molecule has 0 unspecified atom stereocenters. The van der Waals surface area contributed by atoms with E-state index < -0.39 is 13.3 Å². The molecule has 176 valence electrons. The number of amides is 1. The topological polar surface area (TPSA) is 83.9 Å². The third kappa shape index (κ3) is 6.66. The molecule has 1 fully saturated rings. The molecule has 1 aromatic heterocycles. The summed E-state index contributed by atoms with van der Waals surface area (Å²) in [6, 6.07) is 1.84. The monoisotopic (exact) mass is 471 g/mol. The van der Waals surface area contributed by atoms with Gasteiger partial charge in [-0.15, -0.1) is 11.3 Å². The fraction of sp³-hybridized carbons (Fsp3) is 0.739. The molecular formula is C23H38NO5PS. The minimum absolute atomic E-state index is 0.0425. The highest BCUT2D eigenvalue weighted by Crippen LogP contribution is 2.46. The molecule has 1 aliphatic rings. The number of carbonyl (C=O) groups is 2. The average Bonchev–Trinajstić information content (AvgIpc) is 3.17. The molecule has 0 bridgehead atoms. The molecule has 1 heterocycles. The average molecular weight is 472 g/mol. The van der Waals surface area contributed by atoms with E-state index in [1.807, 2.05) is 40.7 Å². The third-order valence-corrected chi connectivity index (χ3v) is 10.3. The Hall–Kier alpha value is -1.17. The quantitative estimate of drug-likeness (QED) is 0.431. The van der Waals surface area contributed by atoms with Crippen LogP contribution in [-0.2, 0) is 19.3 Å². The van der Waals surface area contributed by atoms with Gasteiger partial charge in [0, 0.05) is 29.7 Å². The molecule has 0 aromatic carbocycles. The summed E-state index contributed by atoms with van der Waals surface area (Å²) in [6.07, 6.45) is 4.54. The van der Waals surface area contributed by atoms with Crippen LogP contribution in [-0.4, -0.2) is 42.5 Å². The van der Waals surface area contributed by atoms with Crippen LogP contribution in [0.15, 0.2) is 6.07 Å². The summed E-state index contributed by atoms with van der Waals surface area (Å²) in [5.74, 6) is -0.567. The van der Waals surface area contributed by atoms with Crippen molar-refractivity contribution in [3.05, 3.63) is 15.8 Å². The van der Waals surface area contributed by atoms with Crippen LogP contribution in [0, 0.1) is 11.8 Å². The van der Waals surface area contributed by atoms with Crippen molar-refractivity contribution in [1.29, 1.82) is 0 Å². The Balaban J connectivity index is 2.37. The summed E-state index contributed by atoms with van der Waals surface area (Å²) < 4.78 is 18.4. The molecule has 1 aliphatic carbocycles. The first-order valence-electron chi connectivity index (χ1n) is 11.3. The number of carboxylic acid groups (broad SMARTS) is 1. The molecule has 0 atom stereocenters. The molecule has 0 spiro atoms. The molecule has 8 heteroatoms. The molecule has 1 aromatic rings. The number of carbonyl (C=O) groups excluding carboxylic acids is 1. The van der Waals surface area contributed by atoms with Crippen LogP contribution in [0.3, 0.4) is 0 Å². The zero-order valence-corrected chi connectivity index (χ0v) is 21.5. The molecule has 0 aliphatic heterocycles. The Labute approximate surface area is 190 Å². The van der Waals surface area contributed by atoms with E-state index in [1.54, 1.807) is 4.90 Å². The van der Waals surface area contributed by atoms with Crippen molar-refractivity contribution in [2.75, 3.05) is 30.4 Å². The number of nitrogens with zero attached hydrogens (tertiary/aromatic N) is 1. The van der Waals surface area contributed by atoms with E-state index in [9.17, 15) is 19.3 Å².